The van der Waals surface area contributed by atoms with Gasteiger partial charge in [0, 0.05) is 35.8 Å². The van der Waals surface area contributed by atoms with E-state index in [-0.39, 0.29) is 11.7 Å². The lowest BCUT2D eigenvalue weighted by Gasteiger charge is -2.11. The van der Waals surface area contributed by atoms with Crippen LogP contribution in [0.3, 0.4) is 0 Å². The van der Waals surface area contributed by atoms with Crippen molar-refractivity contribution in [2.24, 2.45) is 0 Å². The quantitative estimate of drug-likeness (QED) is 0.525. The number of pyridine rings is 1. The van der Waals surface area contributed by atoms with Crippen LogP contribution in [-0.4, -0.2) is 26.6 Å². The van der Waals surface area contributed by atoms with Crippen molar-refractivity contribution < 1.29 is 9.59 Å². The molecule has 0 aliphatic carbocycles. The van der Waals surface area contributed by atoms with Gasteiger partial charge in [-0.1, -0.05) is 30.3 Å². The topological polar surface area (TPSA) is 84.8 Å². The number of nitrogens with one attached hydrogen (secondary N) is 1. The molecule has 0 aliphatic heterocycles. The second-order valence-corrected chi connectivity index (χ2v) is 6.68. The van der Waals surface area contributed by atoms with Crippen LogP contribution in [0.4, 0.5) is 5.82 Å². The van der Waals surface area contributed by atoms with Crippen molar-refractivity contribution in [3.05, 3.63) is 72.6 Å². The number of aromatic nitrogens is 3. The fourth-order valence-electron chi connectivity index (χ4n) is 3.09. The number of hydrogen-bond donors (Lipinski definition) is 1. The molecule has 29 heavy (non-hydrogen) atoms. The molecule has 0 bridgehead atoms. The van der Waals surface area contributed by atoms with Crippen LogP contribution in [0.2, 0.25) is 0 Å². The highest BCUT2D eigenvalue weighted by Crippen LogP contribution is 2.29. The molecule has 142 valence electrons. The number of carbonyl (C=O) groups excluding carboxylic acids is 2. The van der Waals surface area contributed by atoms with Crippen LogP contribution in [-0.2, 0) is 4.79 Å². The smallest absolute Gasteiger partial charge is 0.222 e. The first-order valence-electron chi connectivity index (χ1n) is 9.12. The number of Topliss-reactive ketones (excluding diaryl/α,β-unsaturated/α-hetero) is 1. The molecule has 0 saturated heterocycles. The van der Waals surface area contributed by atoms with E-state index >= 15 is 0 Å². The van der Waals surface area contributed by atoms with Gasteiger partial charge in [-0.25, -0.2) is 9.97 Å². The van der Waals surface area contributed by atoms with Crippen LogP contribution in [0.5, 0.6) is 0 Å². The van der Waals surface area contributed by atoms with Crippen molar-refractivity contribution in [1.82, 2.24) is 15.0 Å². The number of nitrogens with zero attached hydrogens (tertiary/aromatic N) is 3. The van der Waals surface area contributed by atoms with Gasteiger partial charge in [0.15, 0.2) is 11.6 Å². The number of benzene rings is 2. The highest BCUT2D eigenvalue weighted by Gasteiger charge is 2.12. The van der Waals surface area contributed by atoms with Crippen molar-refractivity contribution in [3.8, 4) is 22.5 Å². The third-order valence-corrected chi connectivity index (χ3v) is 4.53. The average molecular weight is 382 g/mol. The minimum atomic E-state index is -0.210. The Bertz CT molecular complexity index is 1220. The molecule has 4 aromatic rings. The van der Waals surface area contributed by atoms with Crippen molar-refractivity contribution in [1.29, 1.82) is 0 Å². The molecular formula is C23H18N4O2. The number of fused-ring (bicyclic) bond motifs is 1. The Labute approximate surface area is 167 Å². The van der Waals surface area contributed by atoms with E-state index in [1.54, 1.807) is 31.5 Å². The van der Waals surface area contributed by atoms with E-state index in [0.29, 0.717) is 22.7 Å². The highest BCUT2D eigenvalue weighted by atomic mass is 16.1. The van der Waals surface area contributed by atoms with Gasteiger partial charge in [-0.3, -0.25) is 14.6 Å². The summed E-state index contributed by atoms with van der Waals surface area (Å²) < 4.78 is 0. The van der Waals surface area contributed by atoms with Gasteiger partial charge in [0.25, 0.3) is 0 Å². The molecule has 0 saturated carbocycles. The number of carbonyl (C=O) groups is 2. The molecular weight excluding hydrogens is 364 g/mol. The third kappa shape index (κ3) is 3.87. The Hall–Kier alpha value is -3.93. The predicted octanol–water partition coefficient (Wildman–Crippen LogP) is 4.52. The number of ketones is 1. The van der Waals surface area contributed by atoms with Gasteiger partial charge in [0.05, 0.1) is 5.52 Å². The largest absolute Gasteiger partial charge is 0.310 e. The van der Waals surface area contributed by atoms with E-state index in [4.69, 9.17) is 0 Å². The normalized spacial score (nSPS) is 10.7. The molecule has 6 nitrogen and oxygen atoms in total. The Morgan fingerprint density at radius 1 is 0.862 bits per heavy atom. The molecule has 0 radical (unpaired) electrons. The number of anilines is 1. The maximum absolute atomic E-state index is 11.7. The van der Waals surface area contributed by atoms with Gasteiger partial charge in [0.1, 0.15) is 5.82 Å². The van der Waals surface area contributed by atoms with Crippen LogP contribution in [0, 0.1) is 0 Å². The van der Waals surface area contributed by atoms with Crippen LogP contribution in [0.15, 0.2) is 67.0 Å². The Morgan fingerprint density at radius 2 is 1.62 bits per heavy atom. The van der Waals surface area contributed by atoms with Gasteiger partial charge in [-0.2, -0.15) is 0 Å². The van der Waals surface area contributed by atoms with E-state index in [2.05, 4.69) is 20.3 Å². The predicted molar refractivity (Wildman–Crippen MR) is 113 cm³/mol. The molecule has 4 rings (SSSR count). The fourth-order valence-corrected chi connectivity index (χ4v) is 3.09. The molecule has 0 unspecified atom stereocenters. The molecule has 2 aromatic carbocycles. The summed E-state index contributed by atoms with van der Waals surface area (Å²) in [4.78, 5) is 36.6. The van der Waals surface area contributed by atoms with Crippen molar-refractivity contribution in [2.75, 3.05) is 5.32 Å². The van der Waals surface area contributed by atoms with Crippen LogP contribution >= 0.6 is 0 Å². The molecule has 2 heterocycles. The van der Waals surface area contributed by atoms with Crippen molar-refractivity contribution in [3.63, 3.8) is 0 Å². The zero-order valence-corrected chi connectivity index (χ0v) is 16.0. The summed E-state index contributed by atoms with van der Waals surface area (Å²) in [5.74, 6) is 0.758. The molecule has 2 aromatic heterocycles. The van der Waals surface area contributed by atoms with E-state index < -0.39 is 0 Å². The molecule has 1 amide bonds. The zero-order chi connectivity index (χ0) is 20.4. The SMILES string of the molecule is CC(=O)Nc1nc(-c2cccnc2)nc2ccc(-c3ccc(C(C)=O)cc3)cc12. The van der Waals surface area contributed by atoms with Gasteiger partial charge in [0.2, 0.25) is 5.91 Å². The van der Waals surface area contributed by atoms with Crippen LogP contribution < -0.4 is 5.32 Å². The second-order valence-electron chi connectivity index (χ2n) is 6.68. The Morgan fingerprint density at radius 3 is 2.28 bits per heavy atom. The standard InChI is InChI=1S/C23H18N4O2/c1-14(28)16-5-7-17(8-6-16)18-9-10-21-20(12-18)23(25-15(2)29)27-22(26-21)19-4-3-11-24-13-19/h3-13H,1-2H3,(H,25,26,27,29). The van der Waals surface area contributed by atoms with Gasteiger partial charge in [-0.15, -0.1) is 0 Å². The summed E-state index contributed by atoms with van der Waals surface area (Å²) in [6.07, 6.45) is 3.37. The lowest BCUT2D eigenvalue weighted by atomic mass is 10.0. The van der Waals surface area contributed by atoms with Crippen LogP contribution in [0.25, 0.3) is 33.4 Å². The maximum atomic E-state index is 11.7. The maximum Gasteiger partial charge on any atom is 0.222 e. The lowest BCUT2D eigenvalue weighted by molar-refractivity contribution is -0.114. The molecule has 0 aliphatic rings. The Kier molecular flexibility index (Phi) is 4.83. The lowest BCUT2D eigenvalue weighted by Crippen LogP contribution is -2.09. The van der Waals surface area contributed by atoms with Gasteiger partial charge >= 0.3 is 0 Å². The first kappa shape index (κ1) is 18.4. The van der Waals surface area contributed by atoms with Gasteiger partial charge in [-0.05, 0) is 42.3 Å². The molecule has 0 spiro atoms. The average Bonchev–Trinajstić information content (AvgIpc) is 2.73. The summed E-state index contributed by atoms with van der Waals surface area (Å²) in [5, 5.41) is 3.54. The molecule has 1 N–H and O–H groups in total. The van der Waals surface area contributed by atoms with Crippen molar-refractivity contribution >= 4 is 28.4 Å². The zero-order valence-electron chi connectivity index (χ0n) is 16.0. The minimum absolute atomic E-state index is 0.0272. The number of amides is 1. The molecule has 6 heteroatoms. The van der Waals surface area contributed by atoms with E-state index in [1.165, 1.54) is 6.92 Å². The van der Waals surface area contributed by atoms with E-state index in [1.807, 2.05) is 42.5 Å². The monoisotopic (exact) mass is 382 g/mol. The van der Waals surface area contributed by atoms with Crippen LogP contribution in [0.1, 0.15) is 24.2 Å². The molecule has 0 fully saturated rings. The first-order valence-corrected chi connectivity index (χ1v) is 9.12. The van der Waals surface area contributed by atoms with Gasteiger partial charge < -0.3 is 5.32 Å². The van der Waals surface area contributed by atoms with Crippen molar-refractivity contribution in [2.45, 2.75) is 13.8 Å². The second kappa shape index (κ2) is 7.59. The third-order valence-electron chi connectivity index (χ3n) is 4.53. The number of hydrogen-bond acceptors (Lipinski definition) is 5. The summed E-state index contributed by atoms with van der Waals surface area (Å²) >= 11 is 0. The van der Waals surface area contributed by atoms with E-state index in [0.717, 1.165) is 22.1 Å². The van der Waals surface area contributed by atoms with E-state index in [9.17, 15) is 9.59 Å². The highest BCUT2D eigenvalue weighted by molar-refractivity contribution is 6.00. The number of rotatable bonds is 4. The summed E-state index contributed by atoms with van der Waals surface area (Å²) in [7, 11) is 0. The fraction of sp³-hybridized carbons (Fsp3) is 0.0870. The summed E-state index contributed by atoms with van der Waals surface area (Å²) in [5.41, 5.74) is 4.05. The Balaban J connectivity index is 1.84. The minimum Gasteiger partial charge on any atom is -0.310 e. The summed E-state index contributed by atoms with van der Waals surface area (Å²) in [6.45, 7) is 2.99. The first-order chi connectivity index (χ1) is 14.0. The summed E-state index contributed by atoms with van der Waals surface area (Å²) in [6, 6.07) is 16.9. The molecule has 0 atom stereocenters.